The van der Waals surface area contributed by atoms with Gasteiger partial charge in [0.15, 0.2) is 0 Å². The van der Waals surface area contributed by atoms with Gasteiger partial charge >= 0.3 is 5.97 Å². The lowest BCUT2D eigenvalue weighted by atomic mass is 9.75. The predicted molar refractivity (Wildman–Crippen MR) is 99.1 cm³/mol. The Balaban J connectivity index is 1.61. The van der Waals surface area contributed by atoms with Crippen molar-refractivity contribution in [3.8, 4) is 11.1 Å². The number of nitrogens with zero attached hydrogens (tertiary/aromatic N) is 2. The summed E-state index contributed by atoms with van der Waals surface area (Å²) in [5.74, 6) is -0.686. The van der Waals surface area contributed by atoms with Crippen LogP contribution in [0.4, 0.5) is 0 Å². The van der Waals surface area contributed by atoms with E-state index in [9.17, 15) is 9.90 Å². The summed E-state index contributed by atoms with van der Waals surface area (Å²) in [6.07, 6.45) is 7.26. The van der Waals surface area contributed by atoms with Gasteiger partial charge < -0.3 is 5.11 Å². The molecule has 1 fully saturated rings. The van der Waals surface area contributed by atoms with Gasteiger partial charge in [-0.05, 0) is 61.2 Å². The van der Waals surface area contributed by atoms with E-state index in [4.69, 9.17) is 0 Å². The Morgan fingerprint density at radius 2 is 1.72 bits per heavy atom. The number of carbonyl (C=O) groups is 1. The van der Waals surface area contributed by atoms with Crippen molar-refractivity contribution in [3.05, 3.63) is 67.0 Å². The zero-order valence-corrected chi connectivity index (χ0v) is 14.4. The second-order valence-electron chi connectivity index (χ2n) is 6.79. The first-order valence-corrected chi connectivity index (χ1v) is 8.69. The molecular formula is C21H24N2O2. The Bertz CT molecular complexity index is 717. The van der Waals surface area contributed by atoms with Gasteiger partial charge in [0.1, 0.15) is 0 Å². The molecule has 130 valence electrons. The van der Waals surface area contributed by atoms with E-state index in [2.05, 4.69) is 40.7 Å². The lowest BCUT2D eigenvalue weighted by Crippen LogP contribution is -2.43. The Hall–Kier alpha value is -2.46. The molecule has 0 aliphatic carbocycles. The van der Waals surface area contributed by atoms with Gasteiger partial charge in [0, 0.05) is 18.9 Å². The van der Waals surface area contributed by atoms with E-state index in [1.807, 2.05) is 12.1 Å². The maximum absolute atomic E-state index is 11.6. The van der Waals surface area contributed by atoms with Crippen molar-refractivity contribution in [2.75, 3.05) is 13.1 Å². The Kier molecular flexibility index (Phi) is 5.29. The van der Waals surface area contributed by atoms with Crippen LogP contribution < -0.4 is 0 Å². The SMILES string of the molecule is C=CCC1(C(=O)O)CCN(Cc2ccc(-c3ccncc3)cc2)CC1. The van der Waals surface area contributed by atoms with Crippen LogP contribution in [0.15, 0.2) is 61.4 Å². The van der Waals surface area contributed by atoms with E-state index in [-0.39, 0.29) is 0 Å². The lowest BCUT2D eigenvalue weighted by molar-refractivity contribution is -0.152. The van der Waals surface area contributed by atoms with Crippen molar-refractivity contribution < 1.29 is 9.90 Å². The fourth-order valence-electron chi connectivity index (χ4n) is 3.53. The van der Waals surface area contributed by atoms with Crippen molar-refractivity contribution in [2.45, 2.75) is 25.8 Å². The quantitative estimate of drug-likeness (QED) is 0.810. The van der Waals surface area contributed by atoms with Gasteiger partial charge in [0.25, 0.3) is 0 Å². The fourth-order valence-corrected chi connectivity index (χ4v) is 3.53. The smallest absolute Gasteiger partial charge is 0.310 e. The number of rotatable bonds is 6. The summed E-state index contributed by atoms with van der Waals surface area (Å²) in [6, 6.07) is 12.6. The van der Waals surface area contributed by atoms with Gasteiger partial charge in [-0.2, -0.15) is 0 Å². The molecule has 1 aliphatic rings. The molecule has 3 rings (SSSR count). The maximum Gasteiger partial charge on any atom is 0.310 e. The number of aromatic nitrogens is 1. The Morgan fingerprint density at radius 3 is 2.28 bits per heavy atom. The van der Waals surface area contributed by atoms with Gasteiger partial charge in [-0.15, -0.1) is 6.58 Å². The highest BCUT2D eigenvalue weighted by Crippen LogP contribution is 2.36. The minimum atomic E-state index is -0.686. The molecule has 0 saturated carbocycles. The second kappa shape index (κ2) is 7.62. The van der Waals surface area contributed by atoms with E-state index < -0.39 is 11.4 Å². The van der Waals surface area contributed by atoms with Crippen LogP contribution in [0.3, 0.4) is 0 Å². The minimum absolute atomic E-state index is 0.552. The number of hydrogen-bond acceptors (Lipinski definition) is 3. The first-order chi connectivity index (χ1) is 12.1. The Labute approximate surface area is 148 Å². The molecule has 0 spiro atoms. The molecule has 0 amide bonds. The number of carboxylic acids is 1. The average Bonchev–Trinajstić information content (AvgIpc) is 2.65. The molecular weight excluding hydrogens is 312 g/mol. The van der Waals surface area contributed by atoms with Crippen LogP contribution in [0.1, 0.15) is 24.8 Å². The summed E-state index contributed by atoms with van der Waals surface area (Å²) in [7, 11) is 0. The largest absolute Gasteiger partial charge is 0.481 e. The van der Waals surface area contributed by atoms with Gasteiger partial charge in [-0.3, -0.25) is 14.7 Å². The molecule has 1 aliphatic heterocycles. The summed E-state index contributed by atoms with van der Waals surface area (Å²) >= 11 is 0. The molecule has 0 bridgehead atoms. The molecule has 0 radical (unpaired) electrons. The summed E-state index contributed by atoms with van der Waals surface area (Å²) < 4.78 is 0. The molecule has 4 heteroatoms. The molecule has 4 nitrogen and oxygen atoms in total. The molecule has 1 aromatic heterocycles. The van der Waals surface area contributed by atoms with Crippen molar-refractivity contribution in [3.63, 3.8) is 0 Å². The Morgan fingerprint density at radius 1 is 1.12 bits per heavy atom. The van der Waals surface area contributed by atoms with E-state index in [1.165, 1.54) is 11.1 Å². The summed E-state index contributed by atoms with van der Waals surface area (Å²) in [4.78, 5) is 18.0. The monoisotopic (exact) mass is 336 g/mol. The van der Waals surface area contributed by atoms with Crippen molar-refractivity contribution in [2.24, 2.45) is 5.41 Å². The molecule has 1 aromatic carbocycles. The molecule has 1 N–H and O–H groups in total. The highest BCUT2D eigenvalue weighted by molar-refractivity contribution is 5.75. The molecule has 0 atom stereocenters. The van der Waals surface area contributed by atoms with E-state index in [0.29, 0.717) is 19.3 Å². The van der Waals surface area contributed by atoms with Gasteiger partial charge in [-0.25, -0.2) is 0 Å². The third kappa shape index (κ3) is 3.97. The molecule has 2 aromatic rings. The van der Waals surface area contributed by atoms with E-state index >= 15 is 0 Å². The fraction of sp³-hybridized carbons (Fsp3) is 0.333. The van der Waals surface area contributed by atoms with Crippen LogP contribution in [0, 0.1) is 5.41 Å². The van der Waals surface area contributed by atoms with Crippen molar-refractivity contribution in [1.29, 1.82) is 0 Å². The number of hydrogen-bond donors (Lipinski definition) is 1. The number of aliphatic carboxylic acids is 1. The predicted octanol–water partition coefficient (Wildman–Crippen LogP) is 3.99. The third-order valence-corrected chi connectivity index (χ3v) is 5.18. The highest BCUT2D eigenvalue weighted by Gasteiger charge is 2.40. The molecule has 25 heavy (non-hydrogen) atoms. The average molecular weight is 336 g/mol. The lowest BCUT2D eigenvalue weighted by Gasteiger charge is -2.38. The number of likely N-dealkylation sites (tertiary alicyclic amines) is 1. The first-order valence-electron chi connectivity index (χ1n) is 8.69. The van der Waals surface area contributed by atoms with Crippen molar-refractivity contribution in [1.82, 2.24) is 9.88 Å². The second-order valence-corrected chi connectivity index (χ2v) is 6.79. The maximum atomic E-state index is 11.6. The number of benzene rings is 1. The van der Waals surface area contributed by atoms with Crippen LogP contribution in [0.25, 0.3) is 11.1 Å². The van der Waals surface area contributed by atoms with Crippen LogP contribution >= 0.6 is 0 Å². The van der Waals surface area contributed by atoms with Crippen LogP contribution in [0.5, 0.6) is 0 Å². The standard InChI is InChI=1S/C21H24N2O2/c1-2-9-21(20(24)25)10-14-23(15-11-21)16-17-3-5-18(6-4-17)19-7-12-22-13-8-19/h2-8,12-13H,1,9-11,14-16H2,(H,24,25). The summed E-state index contributed by atoms with van der Waals surface area (Å²) in [6.45, 7) is 6.21. The third-order valence-electron chi connectivity index (χ3n) is 5.18. The van der Waals surface area contributed by atoms with Gasteiger partial charge in [0.05, 0.1) is 5.41 Å². The molecule has 0 unspecified atom stereocenters. The van der Waals surface area contributed by atoms with Crippen molar-refractivity contribution >= 4 is 5.97 Å². The first kappa shape index (κ1) is 17.4. The number of carboxylic acid groups (broad SMARTS) is 1. The summed E-state index contributed by atoms with van der Waals surface area (Å²) in [5.41, 5.74) is 2.98. The van der Waals surface area contributed by atoms with Gasteiger partial charge in [0.2, 0.25) is 0 Å². The minimum Gasteiger partial charge on any atom is -0.481 e. The number of piperidine rings is 1. The van der Waals surface area contributed by atoms with E-state index in [1.54, 1.807) is 18.5 Å². The molecule has 1 saturated heterocycles. The van der Waals surface area contributed by atoms with Gasteiger partial charge in [-0.1, -0.05) is 30.3 Å². The van der Waals surface area contributed by atoms with Crippen LogP contribution in [-0.2, 0) is 11.3 Å². The molecule has 2 heterocycles. The van der Waals surface area contributed by atoms with Crippen LogP contribution in [0.2, 0.25) is 0 Å². The normalized spacial score (nSPS) is 17.1. The number of pyridine rings is 1. The zero-order chi connectivity index (χ0) is 17.7. The van der Waals surface area contributed by atoms with Crippen LogP contribution in [-0.4, -0.2) is 34.0 Å². The highest BCUT2D eigenvalue weighted by atomic mass is 16.4. The number of allylic oxidation sites excluding steroid dienone is 1. The topological polar surface area (TPSA) is 53.4 Å². The zero-order valence-electron chi connectivity index (χ0n) is 14.4. The summed E-state index contributed by atoms with van der Waals surface area (Å²) in [5, 5.41) is 9.56. The van der Waals surface area contributed by atoms with E-state index in [0.717, 1.165) is 25.2 Å².